The van der Waals surface area contributed by atoms with E-state index in [0.717, 1.165) is 0 Å². The van der Waals surface area contributed by atoms with Crippen LogP contribution in [0.1, 0.15) is 16.8 Å². The van der Waals surface area contributed by atoms with Crippen LogP contribution >= 0.6 is 7.55 Å². The lowest BCUT2D eigenvalue weighted by Gasteiger charge is -2.18. The zero-order valence-corrected chi connectivity index (χ0v) is 13.9. The number of benzene rings is 3. The Kier molecular flexibility index (Phi) is 4.01. The summed E-state index contributed by atoms with van der Waals surface area (Å²) in [5.41, 5.74) is 3.28. The molecule has 0 amide bonds. The summed E-state index contributed by atoms with van der Waals surface area (Å²) in [6, 6.07) is 32.8. The van der Waals surface area contributed by atoms with E-state index < -0.39 is 7.55 Å². The first-order valence-electron chi connectivity index (χ1n) is 8.01. The first-order valence-corrected chi connectivity index (χ1v) is 9.59. The lowest BCUT2D eigenvalue weighted by Crippen LogP contribution is -2.04. The summed E-state index contributed by atoms with van der Waals surface area (Å²) in [5.74, 6) is 0. The van der Waals surface area contributed by atoms with Gasteiger partial charge < -0.3 is 0 Å². The van der Waals surface area contributed by atoms with Crippen molar-refractivity contribution in [1.82, 2.24) is 0 Å². The topological polar surface area (TPSA) is 0 Å². The maximum atomic E-state index is 2.40. The molecule has 3 aromatic rings. The number of hydrogen-bond donors (Lipinski definition) is 0. The highest BCUT2D eigenvalue weighted by Crippen LogP contribution is 2.49. The van der Waals surface area contributed by atoms with Crippen LogP contribution in [0.2, 0.25) is 0 Å². The van der Waals surface area contributed by atoms with Gasteiger partial charge in [0.1, 0.15) is 0 Å². The average Bonchev–Trinajstić information content (AvgIpc) is 3.09. The van der Waals surface area contributed by atoms with Crippen molar-refractivity contribution in [2.24, 2.45) is 0 Å². The Hall–Kier alpha value is -2.30. The molecular weight excluding hydrogens is 295 g/mol. The molecule has 0 N–H and O–H groups in total. The first kappa shape index (κ1) is 14.3. The highest BCUT2D eigenvalue weighted by Gasteiger charge is 2.22. The highest BCUT2D eigenvalue weighted by molar-refractivity contribution is 7.68. The second-order valence-corrected chi connectivity index (χ2v) is 8.37. The summed E-state index contributed by atoms with van der Waals surface area (Å²) >= 11 is 0. The zero-order valence-electron chi connectivity index (χ0n) is 12.9. The maximum Gasteiger partial charge on any atom is 0.0241 e. The second kappa shape index (κ2) is 6.44. The van der Waals surface area contributed by atoms with E-state index in [4.69, 9.17) is 0 Å². The van der Waals surface area contributed by atoms with Gasteiger partial charge in [-0.1, -0.05) is 111 Å². The van der Waals surface area contributed by atoms with E-state index in [1.807, 2.05) is 0 Å². The lowest BCUT2D eigenvalue weighted by atomic mass is 10.1. The van der Waals surface area contributed by atoms with E-state index in [1.54, 1.807) is 0 Å². The summed E-state index contributed by atoms with van der Waals surface area (Å²) in [6.07, 6.45) is 4.76. The molecule has 2 unspecified atom stereocenters. The van der Waals surface area contributed by atoms with Crippen LogP contribution in [0.15, 0.2) is 103 Å². The molecule has 1 aliphatic rings. The van der Waals surface area contributed by atoms with Gasteiger partial charge in [0.05, 0.1) is 0 Å². The molecule has 1 heteroatoms. The Bertz CT molecular complexity index is 846. The lowest BCUT2D eigenvalue weighted by molar-refractivity contribution is 1.23. The van der Waals surface area contributed by atoms with E-state index in [2.05, 4.69) is 103 Å². The zero-order chi connectivity index (χ0) is 15.5. The Morgan fingerprint density at radius 1 is 0.609 bits per heavy atom. The van der Waals surface area contributed by atoms with Crippen LogP contribution in [0.5, 0.6) is 0 Å². The molecule has 1 aliphatic heterocycles. The van der Waals surface area contributed by atoms with Crippen LogP contribution < -0.4 is 5.30 Å². The van der Waals surface area contributed by atoms with Crippen molar-refractivity contribution in [2.45, 2.75) is 5.66 Å². The molecule has 1 heterocycles. The van der Waals surface area contributed by atoms with Gasteiger partial charge in [0.25, 0.3) is 0 Å². The van der Waals surface area contributed by atoms with Crippen molar-refractivity contribution in [2.75, 3.05) is 0 Å². The van der Waals surface area contributed by atoms with Crippen molar-refractivity contribution in [3.8, 4) is 0 Å². The van der Waals surface area contributed by atoms with Gasteiger partial charge in [0, 0.05) is 5.66 Å². The highest BCUT2D eigenvalue weighted by atomic mass is 31.1. The SMILES string of the molecule is C1=CC(c2ccccc2)[PH](c2ccccc2)=C1c1ccccc1. The molecule has 112 valence electrons. The molecular formula is C22H19P. The Morgan fingerprint density at radius 3 is 1.83 bits per heavy atom. The van der Waals surface area contributed by atoms with Crippen LogP contribution in [0.3, 0.4) is 0 Å². The summed E-state index contributed by atoms with van der Waals surface area (Å²) in [5, 5.41) is 2.99. The van der Waals surface area contributed by atoms with Gasteiger partial charge in [0.2, 0.25) is 0 Å². The van der Waals surface area contributed by atoms with Crippen LogP contribution in [0.4, 0.5) is 0 Å². The molecule has 0 fully saturated rings. The summed E-state index contributed by atoms with van der Waals surface area (Å²) in [4.78, 5) is 0. The van der Waals surface area contributed by atoms with Crippen molar-refractivity contribution in [3.05, 3.63) is 114 Å². The van der Waals surface area contributed by atoms with Crippen molar-refractivity contribution in [1.29, 1.82) is 0 Å². The van der Waals surface area contributed by atoms with Crippen molar-refractivity contribution < 1.29 is 0 Å². The van der Waals surface area contributed by atoms with E-state index >= 15 is 0 Å². The molecule has 0 aliphatic carbocycles. The predicted molar refractivity (Wildman–Crippen MR) is 103 cm³/mol. The van der Waals surface area contributed by atoms with Crippen LogP contribution in [-0.4, -0.2) is 5.29 Å². The molecule has 0 spiro atoms. The third-order valence-electron chi connectivity index (χ3n) is 4.38. The van der Waals surface area contributed by atoms with Gasteiger partial charge in [0.15, 0.2) is 0 Å². The van der Waals surface area contributed by atoms with Crippen molar-refractivity contribution in [3.63, 3.8) is 0 Å². The van der Waals surface area contributed by atoms with Gasteiger partial charge in [-0.15, -0.1) is 0 Å². The van der Waals surface area contributed by atoms with Crippen LogP contribution in [-0.2, 0) is 0 Å². The maximum absolute atomic E-state index is 2.40. The van der Waals surface area contributed by atoms with Crippen LogP contribution in [0.25, 0.3) is 0 Å². The Balaban J connectivity index is 1.90. The fourth-order valence-corrected chi connectivity index (χ4v) is 6.43. The van der Waals surface area contributed by atoms with Gasteiger partial charge in [-0.05, 0) is 21.7 Å². The normalized spacial score (nSPS) is 19.9. The van der Waals surface area contributed by atoms with Gasteiger partial charge >= 0.3 is 0 Å². The fraction of sp³-hybridized carbons (Fsp3) is 0.0455. The third-order valence-corrected chi connectivity index (χ3v) is 7.52. The quantitative estimate of drug-likeness (QED) is 0.593. The van der Waals surface area contributed by atoms with Gasteiger partial charge in [-0.25, -0.2) is 0 Å². The minimum Gasteiger partial charge on any atom is -0.0720 e. The van der Waals surface area contributed by atoms with Gasteiger partial charge in [-0.3, -0.25) is 0 Å². The number of rotatable bonds is 3. The summed E-state index contributed by atoms with van der Waals surface area (Å²) in [6.45, 7) is 0. The Labute approximate surface area is 138 Å². The van der Waals surface area contributed by atoms with E-state index in [9.17, 15) is 0 Å². The van der Waals surface area contributed by atoms with E-state index in [-0.39, 0.29) is 0 Å². The first-order chi connectivity index (χ1) is 11.4. The van der Waals surface area contributed by atoms with E-state index in [0.29, 0.717) is 5.66 Å². The summed E-state index contributed by atoms with van der Waals surface area (Å²) < 4.78 is 0. The molecule has 0 bridgehead atoms. The standard InChI is InChI=1S/C22H19P/c1-4-10-18(11-5-1)21-16-17-22(19-12-6-2-7-13-19)23(21)20-14-8-3-9-15-20/h1-17,21,23H. The van der Waals surface area contributed by atoms with Crippen LogP contribution in [0, 0.1) is 0 Å². The van der Waals surface area contributed by atoms with Gasteiger partial charge in [-0.2, -0.15) is 0 Å². The molecule has 0 saturated carbocycles. The average molecular weight is 314 g/mol. The number of allylic oxidation sites excluding steroid dienone is 2. The number of hydrogen-bond acceptors (Lipinski definition) is 0. The van der Waals surface area contributed by atoms with E-state index in [1.165, 1.54) is 21.7 Å². The molecule has 2 atom stereocenters. The largest absolute Gasteiger partial charge is 0.0720 e. The Morgan fingerprint density at radius 2 is 1.17 bits per heavy atom. The molecule has 0 radical (unpaired) electrons. The second-order valence-electron chi connectivity index (χ2n) is 5.81. The fourth-order valence-electron chi connectivity index (χ4n) is 3.31. The minimum absolute atomic E-state index is 0.499. The minimum atomic E-state index is -0.866. The molecule has 4 rings (SSSR count). The van der Waals surface area contributed by atoms with Crippen molar-refractivity contribution >= 4 is 18.1 Å². The summed E-state index contributed by atoms with van der Waals surface area (Å²) in [7, 11) is -0.866. The molecule has 23 heavy (non-hydrogen) atoms. The molecule has 0 nitrogen and oxygen atoms in total. The molecule has 0 aromatic heterocycles. The predicted octanol–water partition coefficient (Wildman–Crippen LogP) is 5.06. The molecule has 3 aromatic carbocycles. The third kappa shape index (κ3) is 2.83. The molecule has 0 saturated heterocycles. The smallest absolute Gasteiger partial charge is 0.0241 e. The monoisotopic (exact) mass is 314 g/mol.